The summed E-state index contributed by atoms with van der Waals surface area (Å²) in [5, 5.41) is 13.1. The number of allylic oxidation sites excluding steroid dienone is 4. The largest absolute Gasteiger partial charge is 0.384 e. The number of fused-ring (bicyclic) bond motifs is 2. The van der Waals surface area contributed by atoms with E-state index in [1.54, 1.807) is 11.8 Å². The molecule has 0 radical (unpaired) electrons. The molecule has 160 valence electrons. The summed E-state index contributed by atoms with van der Waals surface area (Å²) in [4.78, 5) is 15.2. The summed E-state index contributed by atoms with van der Waals surface area (Å²) in [6.07, 6.45) is 12.9. The van der Waals surface area contributed by atoms with Gasteiger partial charge >= 0.3 is 0 Å². The number of carbonyl (C=O) groups excluding carboxylic acids is 1. The number of rotatable bonds is 5. The Morgan fingerprint density at radius 3 is 2.67 bits per heavy atom. The Kier molecular flexibility index (Phi) is 6.70. The number of aliphatic hydroxyl groups excluding tert-OH is 1. The van der Waals surface area contributed by atoms with Crippen LogP contribution in [0.15, 0.2) is 28.8 Å². The lowest BCUT2D eigenvalue weighted by atomic mass is 9.73. The number of nitrogens with zero attached hydrogens (tertiary/aromatic N) is 2. The van der Waals surface area contributed by atoms with Crippen LogP contribution in [0.1, 0.15) is 42.7 Å². The van der Waals surface area contributed by atoms with Gasteiger partial charge in [0.05, 0.1) is 11.4 Å². The predicted molar refractivity (Wildman–Crippen MR) is 119 cm³/mol. The minimum Gasteiger partial charge on any atom is -0.384 e. The maximum absolute atomic E-state index is 13.0. The summed E-state index contributed by atoms with van der Waals surface area (Å²) in [6.45, 7) is 3.78. The van der Waals surface area contributed by atoms with E-state index in [4.69, 9.17) is 9.63 Å². The molecule has 1 amide bonds. The average Bonchev–Trinajstić information content (AvgIpc) is 3.21. The Bertz CT molecular complexity index is 860. The van der Waals surface area contributed by atoms with Crippen LogP contribution in [0.3, 0.4) is 0 Å². The molecular formula is C24H30N2O3S. The number of aliphatic hydroxyl groups is 1. The Morgan fingerprint density at radius 2 is 2.00 bits per heavy atom. The van der Waals surface area contributed by atoms with E-state index < -0.39 is 0 Å². The van der Waals surface area contributed by atoms with Crippen molar-refractivity contribution in [2.45, 2.75) is 57.4 Å². The zero-order valence-electron chi connectivity index (χ0n) is 17.7. The molecule has 3 heterocycles. The molecule has 4 atom stereocenters. The third-order valence-electron chi connectivity index (χ3n) is 6.78. The van der Waals surface area contributed by atoms with Gasteiger partial charge in [-0.25, -0.2) is 0 Å². The normalized spacial score (nSPS) is 29.7. The molecule has 0 saturated carbocycles. The molecule has 2 bridgehead atoms. The summed E-state index contributed by atoms with van der Waals surface area (Å²) < 4.78 is 5.22. The first-order chi connectivity index (χ1) is 14.6. The van der Waals surface area contributed by atoms with Gasteiger partial charge in [-0.3, -0.25) is 4.79 Å². The molecule has 1 aromatic rings. The van der Waals surface area contributed by atoms with Gasteiger partial charge in [-0.05, 0) is 51.4 Å². The fourth-order valence-electron chi connectivity index (χ4n) is 5.35. The predicted octanol–water partition coefficient (Wildman–Crippen LogP) is 3.65. The lowest BCUT2D eigenvalue weighted by molar-refractivity contribution is -0.133. The highest BCUT2D eigenvalue weighted by atomic mass is 32.2. The number of hydrogen-bond acceptors (Lipinski definition) is 5. The third kappa shape index (κ3) is 4.38. The maximum Gasteiger partial charge on any atom is 0.233 e. The van der Waals surface area contributed by atoms with Crippen LogP contribution in [0.25, 0.3) is 0 Å². The van der Waals surface area contributed by atoms with Crippen molar-refractivity contribution in [1.82, 2.24) is 10.1 Å². The van der Waals surface area contributed by atoms with E-state index >= 15 is 0 Å². The van der Waals surface area contributed by atoms with Gasteiger partial charge in [0.2, 0.25) is 5.91 Å². The zero-order chi connectivity index (χ0) is 21.1. The highest BCUT2D eigenvalue weighted by Gasteiger charge is 2.45. The first-order valence-electron chi connectivity index (χ1n) is 10.8. The van der Waals surface area contributed by atoms with Crippen molar-refractivity contribution in [3.63, 3.8) is 0 Å². The van der Waals surface area contributed by atoms with E-state index in [0.29, 0.717) is 29.7 Å². The third-order valence-corrected chi connectivity index (χ3v) is 7.72. The minimum atomic E-state index is -0.0927. The molecule has 5 nitrogen and oxygen atoms in total. The molecule has 0 spiro atoms. The summed E-state index contributed by atoms with van der Waals surface area (Å²) >= 11 is 1.66. The van der Waals surface area contributed by atoms with Gasteiger partial charge in [0.25, 0.3) is 0 Å². The van der Waals surface area contributed by atoms with E-state index in [2.05, 4.69) is 46.2 Å². The number of aryl methyl sites for hydroxylation is 2. The summed E-state index contributed by atoms with van der Waals surface area (Å²) in [7, 11) is 0. The Labute approximate surface area is 183 Å². The van der Waals surface area contributed by atoms with Crippen LogP contribution in [0.5, 0.6) is 0 Å². The number of piperidine rings is 1. The molecule has 2 saturated heterocycles. The van der Waals surface area contributed by atoms with Crippen molar-refractivity contribution in [3.05, 3.63) is 41.3 Å². The maximum atomic E-state index is 13.0. The van der Waals surface area contributed by atoms with Gasteiger partial charge < -0.3 is 14.5 Å². The van der Waals surface area contributed by atoms with E-state index in [9.17, 15) is 4.79 Å². The van der Waals surface area contributed by atoms with Crippen molar-refractivity contribution in [1.29, 1.82) is 0 Å². The van der Waals surface area contributed by atoms with Gasteiger partial charge in [-0.1, -0.05) is 41.3 Å². The summed E-state index contributed by atoms with van der Waals surface area (Å²) in [5.41, 5.74) is 2.03. The smallest absolute Gasteiger partial charge is 0.233 e. The highest BCUT2D eigenvalue weighted by molar-refractivity contribution is 7.99. The van der Waals surface area contributed by atoms with E-state index in [-0.39, 0.29) is 18.4 Å². The van der Waals surface area contributed by atoms with Gasteiger partial charge in [0.1, 0.15) is 12.4 Å². The number of hydrogen-bond donors (Lipinski definition) is 1. The second kappa shape index (κ2) is 9.45. The van der Waals surface area contributed by atoms with Crippen LogP contribution < -0.4 is 0 Å². The topological polar surface area (TPSA) is 66.6 Å². The molecule has 4 rings (SSSR count). The van der Waals surface area contributed by atoms with Crippen LogP contribution in [-0.2, 0) is 10.5 Å². The Hall–Kier alpha value is -1.97. The SMILES string of the molecule is Cc1noc(C)c1CSCC(=O)N1C2CCC1CC(C1C=CC=CC1C#CCO)C2. The molecule has 2 aliphatic heterocycles. The van der Waals surface area contributed by atoms with Crippen molar-refractivity contribution in [2.75, 3.05) is 12.4 Å². The minimum absolute atomic E-state index is 0.0927. The lowest BCUT2D eigenvalue weighted by Gasteiger charge is -2.42. The monoisotopic (exact) mass is 426 g/mol. The fraction of sp³-hybridized carbons (Fsp3) is 0.583. The fourth-order valence-corrected chi connectivity index (χ4v) is 6.39. The van der Waals surface area contributed by atoms with Crippen LogP contribution in [-0.4, -0.2) is 45.5 Å². The average molecular weight is 427 g/mol. The van der Waals surface area contributed by atoms with Crippen LogP contribution in [0.2, 0.25) is 0 Å². The second-order valence-electron chi connectivity index (χ2n) is 8.57. The first kappa shape index (κ1) is 21.3. The van der Waals surface area contributed by atoms with Gasteiger partial charge in [-0.2, -0.15) is 0 Å². The summed E-state index contributed by atoms with van der Waals surface area (Å²) in [6, 6.07) is 0.707. The van der Waals surface area contributed by atoms with Crippen molar-refractivity contribution >= 4 is 17.7 Å². The number of aromatic nitrogens is 1. The number of thioether (sulfide) groups is 1. The molecular weight excluding hydrogens is 396 g/mol. The van der Waals surface area contributed by atoms with Crippen molar-refractivity contribution < 1.29 is 14.4 Å². The van der Waals surface area contributed by atoms with Gasteiger partial charge in [-0.15, -0.1) is 11.8 Å². The number of carbonyl (C=O) groups is 1. The summed E-state index contributed by atoms with van der Waals surface area (Å²) in [5.74, 6) is 9.54. The van der Waals surface area contributed by atoms with E-state index in [0.717, 1.165) is 48.5 Å². The van der Waals surface area contributed by atoms with Gasteiger partial charge in [0, 0.05) is 29.3 Å². The van der Waals surface area contributed by atoms with Crippen LogP contribution in [0.4, 0.5) is 0 Å². The van der Waals surface area contributed by atoms with E-state index in [1.165, 1.54) is 0 Å². The molecule has 30 heavy (non-hydrogen) atoms. The molecule has 0 aromatic carbocycles. The van der Waals surface area contributed by atoms with Gasteiger partial charge in [0.15, 0.2) is 0 Å². The van der Waals surface area contributed by atoms with Crippen molar-refractivity contribution in [2.24, 2.45) is 17.8 Å². The second-order valence-corrected chi connectivity index (χ2v) is 9.55. The molecule has 1 aliphatic carbocycles. The highest BCUT2D eigenvalue weighted by Crippen LogP contribution is 2.44. The lowest BCUT2D eigenvalue weighted by Crippen LogP contribution is -2.48. The molecule has 1 N–H and O–H groups in total. The van der Waals surface area contributed by atoms with E-state index in [1.807, 2.05) is 13.8 Å². The molecule has 4 unspecified atom stereocenters. The van der Waals surface area contributed by atoms with Crippen LogP contribution >= 0.6 is 11.8 Å². The molecule has 3 aliphatic rings. The Morgan fingerprint density at radius 1 is 1.27 bits per heavy atom. The van der Waals surface area contributed by atoms with Crippen molar-refractivity contribution in [3.8, 4) is 11.8 Å². The standard InChI is InChI=1S/C24H30N2O3S/c1-16-23(17(2)29-25-16)14-30-15-24(28)26-20-9-10-21(26)13-19(12-20)22-8-4-3-6-18(22)7-5-11-27/h3-4,6,8,18-22,27H,9-15H2,1-2H3. The first-order valence-corrected chi connectivity index (χ1v) is 12.0. The molecule has 1 aromatic heterocycles. The molecule has 2 fully saturated rings. The quantitative estimate of drug-likeness (QED) is 0.728. The molecule has 6 heteroatoms. The number of amides is 1. The zero-order valence-corrected chi connectivity index (χ0v) is 18.5. The Balaban J connectivity index is 1.35. The van der Waals surface area contributed by atoms with Crippen LogP contribution in [0, 0.1) is 43.4 Å².